The molecular weight excluding hydrogens is 259 g/mol. The van der Waals surface area contributed by atoms with Crippen LogP contribution in [0, 0.1) is 0 Å². The van der Waals surface area contributed by atoms with E-state index >= 15 is 0 Å². The number of thioether (sulfide) groups is 1. The summed E-state index contributed by atoms with van der Waals surface area (Å²) in [6, 6.07) is 7.72. The van der Waals surface area contributed by atoms with Crippen LogP contribution < -0.4 is 5.32 Å². The van der Waals surface area contributed by atoms with Gasteiger partial charge < -0.3 is 5.32 Å². The standard InChI is InChI=1S/C13H18F3NS/c1-12(2,3)10-6-4-5-7-11(10)17-8-9-18-13(14,15)16/h4-7,17H,8-9H2,1-3H3. The van der Waals surface area contributed by atoms with E-state index in [2.05, 4.69) is 26.1 Å². The molecule has 0 fully saturated rings. The number of para-hydroxylation sites is 1. The van der Waals surface area contributed by atoms with E-state index in [0.29, 0.717) is 6.54 Å². The Bertz CT molecular complexity index is 383. The van der Waals surface area contributed by atoms with E-state index in [1.807, 2.05) is 24.3 Å². The van der Waals surface area contributed by atoms with Gasteiger partial charge in [0.15, 0.2) is 0 Å². The second-order valence-corrected chi connectivity index (χ2v) is 6.18. The Morgan fingerprint density at radius 2 is 1.72 bits per heavy atom. The van der Waals surface area contributed by atoms with Crippen LogP contribution in [0.15, 0.2) is 24.3 Å². The Morgan fingerprint density at radius 1 is 1.11 bits per heavy atom. The Morgan fingerprint density at radius 3 is 2.28 bits per heavy atom. The third-order valence-corrected chi connectivity index (χ3v) is 3.15. The first-order chi connectivity index (χ1) is 8.20. The maximum Gasteiger partial charge on any atom is 0.441 e. The molecule has 0 aromatic heterocycles. The van der Waals surface area contributed by atoms with E-state index in [1.54, 1.807) is 0 Å². The quantitative estimate of drug-likeness (QED) is 0.804. The summed E-state index contributed by atoms with van der Waals surface area (Å²) in [5, 5.41) is 3.07. The smallest absolute Gasteiger partial charge is 0.384 e. The maximum absolute atomic E-state index is 12.0. The second-order valence-electron chi connectivity index (χ2n) is 5.02. The monoisotopic (exact) mass is 277 g/mol. The summed E-state index contributed by atoms with van der Waals surface area (Å²) in [4.78, 5) is 0. The lowest BCUT2D eigenvalue weighted by Crippen LogP contribution is -2.16. The molecule has 0 amide bonds. The SMILES string of the molecule is CC(C)(C)c1ccccc1NCCSC(F)(F)F. The molecule has 0 aliphatic carbocycles. The molecule has 5 heteroatoms. The first-order valence-electron chi connectivity index (χ1n) is 5.74. The van der Waals surface area contributed by atoms with E-state index in [4.69, 9.17) is 0 Å². The molecule has 0 saturated carbocycles. The zero-order valence-electron chi connectivity index (χ0n) is 10.8. The predicted molar refractivity (Wildman–Crippen MR) is 72.1 cm³/mol. The van der Waals surface area contributed by atoms with Crippen LogP contribution >= 0.6 is 11.8 Å². The van der Waals surface area contributed by atoms with Crippen molar-refractivity contribution in [2.24, 2.45) is 0 Å². The summed E-state index contributed by atoms with van der Waals surface area (Å²) < 4.78 is 36.0. The zero-order valence-corrected chi connectivity index (χ0v) is 11.6. The van der Waals surface area contributed by atoms with E-state index in [-0.39, 0.29) is 22.9 Å². The molecule has 0 unspecified atom stereocenters. The van der Waals surface area contributed by atoms with Gasteiger partial charge in [-0.3, -0.25) is 0 Å². The lowest BCUT2D eigenvalue weighted by Gasteiger charge is -2.23. The van der Waals surface area contributed by atoms with Gasteiger partial charge in [-0.05, 0) is 28.8 Å². The van der Waals surface area contributed by atoms with Crippen molar-refractivity contribution < 1.29 is 13.2 Å². The molecule has 0 bridgehead atoms. The minimum absolute atomic E-state index is 0.00367. The lowest BCUT2D eigenvalue weighted by atomic mass is 9.86. The number of alkyl halides is 3. The number of anilines is 1. The van der Waals surface area contributed by atoms with Gasteiger partial charge in [-0.2, -0.15) is 13.2 Å². The van der Waals surface area contributed by atoms with E-state index in [1.165, 1.54) is 0 Å². The lowest BCUT2D eigenvalue weighted by molar-refractivity contribution is -0.0327. The maximum atomic E-state index is 12.0. The Balaban J connectivity index is 2.58. The molecule has 1 N–H and O–H groups in total. The number of hydrogen-bond donors (Lipinski definition) is 1. The van der Waals surface area contributed by atoms with Gasteiger partial charge in [-0.15, -0.1) is 0 Å². The van der Waals surface area contributed by atoms with Gasteiger partial charge in [-0.1, -0.05) is 39.0 Å². The van der Waals surface area contributed by atoms with Gasteiger partial charge in [0.05, 0.1) is 0 Å². The Kier molecular flexibility index (Phi) is 4.96. The highest BCUT2D eigenvalue weighted by atomic mass is 32.2. The molecule has 0 aliphatic rings. The van der Waals surface area contributed by atoms with Gasteiger partial charge in [-0.25, -0.2) is 0 Å². The van der Waals surface area contributed by atoms with Crippen LogP contribution in [-0.4, -0.2) is 17.8 Å². The van der Waals surface area contributed by atoms with Gasteiger partial charge >= 0.3 is 5.51 Å². The summed E-state index contributed by atoms with van der Waals surface area (Å²) in [6.07, 6.45) is 0. The van der Waals surface area contributed by atoms with Crippen molar-refractivity contribution in [2.45, 2.75) is 31.7 Å². The van der Waals surface area contributed by atoms with Gasteiger partial charge in [0, 0.05) is 18.0 Å². The first kappa shape index (κ1) is 15.2. The normalized spacial score (nSPS) is 12.6. The highest BCUT2D eigenvalue weighted by Crippen LogP contribution is 2.31. The average Bonchev–Trinajstić information content (AvgIpc) is 2.22. The van der Waals surface area contributed by atoms with Crippen molar-refractivity contribution in [2.75, 3.05) is 17.6 Å². The third-order valence-electron chi connectivity index (χ3n) is 2.42. The molecule has 1 rings (SSSR count). The molecule has 0 aliphatic heterocycles. The highest BCUT2D eigenvalue weighted by Gasteiger charge is 2.27. The fourth-order valence-corrected chi connectivity index (χ4v) is 2.08. The summed E-state index contributed by atoms with van der Waals surface area (Å²) in [6.45, 7) is 6.55. The molecule has 0 radical (unpaired) electrons. The molecule has 0 heterocycles. The predicted octanol–water partition coefficient (Wildman–Crippen LogP) is 4.65. The van der Waals surface area contributed by atoms with Crippen molar-refractivity contribution in [1.29, 1.82) is 0 Å². The molecular formula is C13H18F3NS. The van der Waals surface area contributed by atoms with Crippen LogP contribution in [0.4, 0.5) is 18.9 Å². The molecule has 1 aromatic rings. The summed E-state index contributed by atoms with van der Waals surface area (Å²) in [7, 11) is 0. The third kappa shape index (κ3) is 5.21. The fraction of sp³-hybridized carbons (Fsp3) is 0.538. The van der Waals surface area contributed by atoms with Gasteiger partial charge in [0.25, 0.3) is 0 Å². The van der Waals surface area contributed by atoms with Crippen LogP contribution in [0.25, 0.3) is 0 Å². The first-order valence-corrected chi connectivity index (χ1v) is 6.73. The largest absolute Gasteiger partial charge is 0.441 e. The fourth-order valence-electron chi connectivity index (χ4n) is 1.64. The Hall–Kier alpha value is -0.840. The van der Waals surface area contributed by atoms with Gasteiger partial charge in [0.2, 0.25) is 0 Å². The Labute approximate surface area is 110 Å². The second kappa shape index (κ2) is 5.87. The minimum Gasteiger partial charge on any atom is -0.384 e. The van der Waals surface area contributed by atoms with Crippen molar-refractivity contribution in [3.63, 3.8) is 0 Å². The number of halogens is 3. The van der Waals surface area contributed by atoms with Crippen LogP contribution in [0.1, 0.15) is 26.3 Å². The summed E-state index contributed by atoms with van der Waals surface area (Å²) in [5.74, 6) is 0.0159. The topological polar surface area (TPSA) is 12.0 Å². The molecule has 1 nitrogen and oxygen atoms in total. The minimum atomic E-state index is -4.15. The van der Waals surface area contributed by atoms with Crippen LogP contribution in [-0.2, 0) is 5.41 Å². The molecule has 1 aromatic carbocycles. The molecule has 0 spiro atoms. The number of benzene rings is 1. The van der Waals surface area contributed by atoms with Crippen molar-refractivity contribution >= 4 is 17.4 Å². The van der Waals surface area contributed by atoms with Crippen LogP contribution in [0.5, 0.6) is 0 Å². The van der Waals surface area contributed by atoms with E-state index in [9.17, 15) is 13.2 Å². The van der Waals surface area contributed by atoms with Crippen LogP contribution in [0.3, 0.4) is 0 Å². The van der Waals surface area contributed by atoms with E-state index in [0.717, 1.165) is 11.3 Å². The molecule has 0 atom stereocenters. The highest BCUT2D eigenvalue weighted by molar-refractivity contribution is 8.00. The summed E-state index contributed by atoms with van der Waals surface area (Å²) >= 11 is 0.00367. The van der Waals surface area contributed by atoms with Crippen molar-refractivity contribution in [3.05, 3.63) is 29.8 Å². The summed E-state index contributed by atoms with van der Waals surface area (Å²) in [5.41, 5.74) is -2.15. The van der Waals surface area contributed by atoms with Crippen molar-refractivity contribution in [1.82, 2.24) is 0 Å². The zero-order chi connectivity index (χ0) is 13.8. The number of hydrogen-bond acceptors (Lipinski definition) is 2. The molecule has 102 valence electrons. The van der Waals surface area contributed by atoms with Crippen LogP contribution in [0.2, 0.25) is 0 Å². The number of rotatable bonds is 4. The number of nitrogens with one attached hydrogen (secondary N) is 1. The van der Waals surface area contributed by atoms with Crippen molar-refractivity contribution in [3.8, 4) is 0 Å². The average molecular weight is 277 g/mol. The van der Waals surface area contributed by atoms with E-state index < -0.39 is 5.51 Å². The molecule has 18 heavy (non-hydrogen) atoms. The van der Waals surface area contributed by atoms with Gasteiger partial charge in [0.1, 0.15) is 0 Å². The molecule has 0 saturated heterocycles.